The number of carbonyl (C=O) groups is 1. The number of hydrogen-bond donors (Lipinski definition) is 9. The number of hydrogen-bond acceptors (Lipinski definition) is 13. The predicted molar refractivity (Wildman–Crippen MR) is 328 cm³/mol. The van der Waals surface area contributed by atoms with E-state index >= 15 is 0 Å². The van der Waals surface area contributed by atoms with Crippen molar-refractivity contribution in [2.24, 2.45) is 0 Å². The van der Waals surface area contributed by atoms with Gasteiger partial charge in [0.25, 0.3) is 0 Å². The molecular weight excluding hydrogens is 1030 g/mol. The summed E-state index contributed by atoms with van der Waals surface area (Å²) in [6.07, 6.45) is 47.6. The topological polar surface area (TPSA) is 228 Å². The highest BCUT2D eigenvalue weighted by molar-refractivity contribution is 5.76. The minimum Gasteiger partial charge on any atom is -0.394 e. The monoisotopic (exact) mass is 1150 g/mol. The molecule has 0 bridgehead atoms. The second kappa shape index (κ2) is 52.8. The third-order valence-corrected chi connectivity index (χ3v) is 16.9. The van der Waals surface area contributed by atoms with E-state index in [0.29, 0.717) is 19.3 Å². The van der Waals surface area contributed by atoms with Crippen molar-refractivity contribution in [3.63, 3.8) is 0 Å². The summed E-state index contributed by atoms with van der Waals surface area (Å²) in [5, 5.41) is 87.5. The smallest absolute Gasteiger partial charge is 0.220 e. The third-order valence-electron chi connectivity index (χ3n) is 16.9. The van der Waals surface area contributed by atoms with E-state index in [1.54, 1.807) is 0 Å². The molecule has 478 valence electrons. The lowest BCUT2D eigenvalue weighted by atomic mass is 9.97. The van der Waals surface area contributed by atoms with Gasteiger partial charge in [0, 0.05) is 6.42 Å². The molecule has 0 radical (unpaired) electrons. The second-order valence-corrected chi connectivity index (χ2v) is 24.3. The van der Waals surface area contributed by atoms with E-state index in [4.69, 9.17) is 18.9 Å². The van der Waals surface area contributed by atoms with Gasteiger partial charge in [-0.2, -0.15) is 0 Å². The summed E-state index contributed by atoms with van der Waals surface area (Å²) in [4.78, 5) is 13.3. The Hall–Kier alpha value is -1.53. The number of amides is 1. The van der Waals surface area contributed by atoms with Gasteiger partial charge in [-0.1, -0.05) is 276 Å². The van der Waals surface area contributed by atoms with Crippen LogP contribution in [0.25, 0.3) is 0 Å². The third kappa shape index (κ3) is 37.6. The van der Waals surface area contributed by atoms with Crippen molar-refractivity contribution in [2.75, 3.05) is 19.8 Å². The molecular formula is C67H127NO13. The van der Waals surface area contributed by atoms with E-state index in [1.807, 2.05) is 0 Å². The lowest BCUT2D eigenvalue weighted by molar-refractivity contribution is -0.359. The Morgan fingerprint density at radius 3 is 1.25 bits per heavy atom. The normalized spacial score (nSPS) is 24.2. The SMILES string of the molecule is CCCCCC/C=C\C/C=C\CCCCCCCCCC(=O)NC(COC1OC(CO)C(OC2OC(CO)C(O)C(O)C2O)C(O)C1O)C(O)CCCCCCCCCCCCCCCCCCCCCCCCCCCCCCC. The van der Waals surface area contributed by atoms with Gasteiger partial charge < -0.3 is 65.1 Å². The number of aliphatic hydroxyl groups excluding tert-OH is 8. The maximum absolute atomic E-state index is 13.3. The number of allylic oxidation sites excluding steroid dienone is 4. The molecule has 0 saturated carbocycles. The number of ether oxygens (including phenoxy) is 4. The Bertz CT molecular complexity index is 1450. The number of carbonyl (C=O) groups excluding carboxylic acids is 1. The fraction of sp³-hybridized carbons (Fsp3) is 0.925. The minimum atomic E-state index is -1.78. The molecule has 2 heterocycles. The molecule has 12 unspecified atom stereocenters. The Labute approximate surface area is 494 Å². The van der Waals surface area contributed by atoms with Crippen molar-refractivity contribution in [3.8, 4) is 0 Å². The summed E-state index contributed by atoms with van der Waals surface area (Å²) in [5.41, 5.74) is 0. The summed E-state index contributed by atoms with van der Waals surface area (Å²) in [6.45, 7) is 2.88. The molecule has 2 fully saturated rings. The first-order valence-electron chi connectivity index (χ1n) is 34.1. The molecule has 14 nitrogen and oxygen atoms in total. The van der Waals surface area contributed by atoms with Crippen LogP contribution in [0.2, 0.25) is 0 Å². The number of rotatable bonds is 56. The van der Waals surface area contributed by atoms with E-state index in [2.05, 4.69) is 43.5 Å². The van der Waals surface area contributed by atoms with Crippen molar-refractivity contribution in [3.05, 3.63) is 24.3 Å². The average Bonchev–Trinajstić information content (AvgIpc) is 3.62. The minimum absolute atomic E-state index is 0.210. The fourth-order valence-corrected chi connectivity index (χ4v) is 11.4. The van der Waals surface area contributed by atoms with Gasteiger partial charge in [0.1, 0.15) is 48.8 Å². The summed E-state index contributed by atoms with van der Waals surface area (Å²) >= 11 is 0. The standard InChI is InChI=1S/C67H127NO13/c1-3-5-7-9-11-13-15-17-19-21-23-24-25-26-27-28-29-30-31-32-33-34-36-38-40-42-44-46-48-50-56(71)55(68-59(72)51-49-47-45-43-41-39-37-35-22-20-18-16-14-12-10-8-6-4-2)54-78-66-64(77)62(75)65(58(53-70)80-66)81-67-63(76)61(74)60(73)57(52-69)79-67/h14,16,20,22,55-58,60-67,69-71,73-77H,3-13,15,17-19,21,23-54H2,1-2H3,(H,68,72)/b16-14-,22-20-. The van der Waals surface area contributed by atoms with Crippen molar-refractivity contribution in [1.29, 1.82) is 0 Å². The van der Waals surface area contributed by atoms with E-state index < -0.39 is 86.8 Å². The molecule has 0 spiro atoms. The average molecular weight is 1150 g/mol. The van der Waals surface area contributed by atoms with Gasteiger partial charge in [0.15, 0.2) is 12.6 Å². The molecule has 12 atom stereocenters. The van der Waals surface area contributed by atoms with Crippen LogP contribution in [0.1, 0.15) is 303 Å². The molecule has 2 rings (SSSR count). The maximum atomic E-state index is 13.3. The Morgan fingerprint density at radius 1 is 0.444 bits per heavy atom. The Kier molecular flexibility index (Phi) is 49.2. The first kappa shape index (κ1) is 75.6. The van der Waals surface area contributed by atoms with Crippen LogP contribution in [-0.4, -0.2) is 140 Å². The molecule has 2 aliphatic rings. The van der Waals surface area contributed by atoms with E-state index in [1.165, 1.54) is 212 Å². The first-order chi connectivity index (χ1) is 39.6. The summed E-state index contributed by atoms with van der Waals surface area (Å²) in [7, 11) is 0. The van der Waals surface area contributed by atoms with E-state index in [-0.39, 0.29) is 12.5 Å². The lowest BCUT2D eigenvalue weighted by Gasteiger charge is -2.46. The molecule has 0 aromatic carbocycles. The van der Waals surface area contributed by atoms with Crippen LogP contribution >= 0.6 is 0 Å². The molecule has 0 aromatic heterocycles. The largest absolute Gasteiger partial charge is 0.394 e. The number of nitrogens with one attached hydrogen (secondary N) is 1. The Morgan fingerprint density at radius 2 is 0.815 bits per heavy atom. The molecule has 0 aliphatic carbocycles. The molecule has 2 aliphatic heterocycles. The highest BCUT2D eigenvalue weighted by atomic mass is 16.7. The highest BCUT2D eigenvalue weighted by Crippen LogP contribution is 2.30. The van der Waals surface area contributed by atoms with Crippen LogP contribution in [0, 0.1) is 0 Å². The van der Waals surface area contributed by atoms with Crippen LogP contribution in [0.4, 0.5) is 0 Å². The summed E-state index contributed by atoms with van der Waals surface area (Å²) in [5.74, 6) is -0.210. The van der Waals surface area contributed by atoms with Crippen LogP contribution in [-0.2, 0) is 23.7 Å². The van der Waals surface area contributed by atoms with Crippen LogP contribution in [0.15, 0.2) is 24.3 Å². The maximum Gasteiger partial charge on any atom is 0.220 e. The van der Waals surface area contributed by atoms with Crippen LogP contribution in [0.3, 0.4) is 0 Å². The summed E-state index contributed by atoms with van der Waals surface area (Å²) in [6, 6.07) is -0.833. The highest BCUT2D eigenvalue weighted by Gasteiger charge is 2.51. The van der Waals surface area contributed by atoms with Gasteiger partial charge in [0.05, 0.1) is 32.0 Å². The lowest BCUT2D eigenvalue weighted by Crippen LogP contribution is -2.65. The molecule has 81 heavy (non-hydrogen) atoms. The quantitative estimate of drug-likeness (QED) is 0.0204. The van der Waals surface area contributed by atoms with Gasteiger partial charge in [0.2, 0.25) is 5.91 Å². The fourth-order valence-electron chi connectivity index (χ4n) is 11.4. The van der Waals surface area contributed by atoms with Crippen LogP contribution in [0.5, 0.6) is 0 Å². The number of aliphatic hydroxyl groups is 8. The van der Waals surface area contributed by atoms with Gasteiger partial charge in [-0.05, 0) is 44.9 Å². The molecule has 2 saturated heterocycles. The van der Waals surface area contributed by atoms with Crippen molar-refractivity contribution in [1.82, 2.24) is 5.32 Å². The van der Waals surface area contributed by atoms with Gasteiger partial charge in [-0.15, -0.1) is 0 Å². The predicted octanol–water partition coefficient (Wildman–Crippen LogP) is 13.2. The zero-order chi connectivity index (χ0) is 58.8. The molecule has 14 heteroatoms. The van der Waals surface area contributed by atoms with Crippen LogP contribution < -0.4 is 5.32 Å². The Balaban J connectivity index is 1.67. The van der Waals surface area contributed by atoms with E-state index in [9.17, 15) is 45.6 Å². The zero-order valence-electron chi connectivity index (χ0n) is 51.8. The zero-order valence-corrected chi connectivity index (χ0v) is 51.8. The van der Waals surface area contributed by atoms with Gasteiger partial charge in [-0.25, -0.2) is 0 Å². The van der Waals surface area contributed by atoms with Crippen molar-refractivity contribution >= 4 is 5.91 Å². The first-order valence-corrected chi connectivity index (χ1v) is 34.1. The van der Waals surface area contributed by atoms with Crippen molar-refractivity contribution < 1.29 is 64.6 Å². The number of unbranched alkanes of at least 4 members (excludes halogenated alkanes) is 39. The van der Waals surface area contributed by atoms with E-state index in [0.717, 1.165) is 57.8 Å². The molecule has 0 aromatic rings. The van der Waals surface area contributed by atoms with Gasteiger partial charge >= 0.3 is 0 Å². The molecule has 9 N–H and O–H groups in total. The van der Waals surface area contributed by atoms with Gasteiger partial charge in [-0.3, -0.25) is 4.79 Å². The van der Waals surface area contributed by atoms with Crippen molar-refractivity contribution in [2.45, 2.75) is 376 Å². The second-order valence-electron chi connectivity index (χ2n) is 24.3. The molecule has 1 amide bonds. The summed E-state index contributed by atoms with van der Waals surface area (Å²) < 4.78 is 22.9.